The van der Waals surface area contributed by atoms with Gasteiger partial charge < -0.3 is 24.1 Å². The molecule has 0 aliphatic carbocycles. The normalized spacial score (nSPS) is 12.1. The largest absolute Gasteiger partial charge is 0.465 e. The third-order valence-corrected chi connectivity index (χ3v) is 9.47. The quantitative estimate of drug-likeness (QED) is 0.0282. The number of hydrogen-bond donors (Lipinski definition) is 1. The van der Waals surface area contributed by atoms with Crippen LogP contribution in [0.5, 0.6) is 0 Å². The van der Waals surface area contributed by atoms with Gasteiger partial charge in [-0.25, -0.2) is 0 Å². The number of aliphatic hydroxyl groups is 1. The van der Waals surface area contributed by atoms with Gasteiger partial charge in [0.1, 0.15) is 0 Å². The Kier molecular flexibility index (Phi) is 38.0. The van der Waals surface area contributed by atoms with Crippen LogP contribution in [0.25, 0.3) is 0 Å². The molecular formula is C45H80O9. The van der Waals surface area contributed by atoms with E-state index in [9.17, 15) is 24.3 Å². The molecule has 0 heterocycles. The van der Waals surface area contributed by atoms with Gasteiger partial charge >= 0.3 is 23.9 Å². The van der Waals surface area contributed by atoms with E-state index in [-0.39, 0.29) is 63.3 Å². The van der Waals surface area contributed by atoms with Gasteiger partial charge in [-0.15, -0.1) is 0 Å². The van der Waals surface area contributed by atoms with Crippen LogP contribution in [0.4, 0.5) is 0 Å². The van der Waals surface area contributed by atoms with Gasteiger partial charge in [0.2, 0.25) is 0 Å². The van der Waals surface area contributed by atoms with Crippen LogP contribution in [0, 0.1) is 11.8 Å². The van der Waals surface area contributed by atoms with Crippen molar-refractivity contribution in [1.29, 1.82) is 0 Å². The monoisotopic (exact) mass is 765 g/mol. The summed E-state index contributed by atoms with van der Waals surface area (Å²) in [5.74, 6) is -1.92. The average molecular weight is 765 g/mol. The van der Waals surface area contributed by atoms with Crippen molar-refractivity contribution in [2.24, 2.45) is 11.8 Å². The van der Waals surface area contributed by atoms with E-state index in [1.807, 2.05) is 0 Å². The number of allylic oxidation sites excluding steroid dienone is 4. The van der Waals surface area contributed by atoms with Gasteiger partial charge in [-0.3, -0.25) is 19.2 Å². The summed E-state index contributed by atoms with van der Waals surface area (Å²) in [6.07, 6.45) is 33.9. The number of ether oxygens (including phenoxy) is 4. The highest BCUT2D eigenvalue weighted by molar-refractivity contribution is 5.70. The number of carbonyl (C=O) groups excluding carboxylic acids is 4. The van der Waals surface area contributed by atoms with E-state index in [2.05, 4.69) is 45.1 Å². The van der Waals surface area contributed by atoms with Crippen molar-refractivity contribution in [3.63, 3.8) is 0 Å². The minimum atomic E-state index is -0.488. The maximum absolute atomic E-state index is 12.5. The first-order chi connectivity index (χ1) is 26.4. The van der Waals surface area contributed by atoms with Crippen LogP contribution in [0.1, 0.15) is 194 Å². The number of unbranched alkanes of at least 4 members (excludes halogenated alkanes) is 16. The van der Waals surface area contributed by atoms with Crippen LogP contribution in [0.2, 0.25) is 0 Å². The molecule has 1 N–H and O–H groups in total. The predicted octanol–water partition coefficient (Wildman–Crippen LogP) is 11.1. The molecule has 0 saturated heterocycles. The van der Waals surface area contributed by atoms with Crippen LogP contribution in [0.15, 0.2) is 24.3 Å². The lowest BCUT2D eigenvalue weighted by molar-refractivity contribution is -0.152. The molecule has 0 amide bonds. The Morgan fingerprint density at radius 2 is 0.759 bits per heavy atom. The van der Waals surface area contributed by atoms with Crippen molar-refractivity contribution in [2.45, 2.75) is 194 Å². The second-order valence-corrected chi connectivity index (χ2v) is 14.8. The van der Waals surface area contributed by atoms with Crippen LogP contribution in [-0.4, -0.2) is 62.0 Å². The topological polar surface area (TPSA) is 125 Å². The molecule has 1 atom stereocenters. The van der Waals surface area contributed by atoms with Gasteiger partial charge in [0.25, 0.3) is 0 Å². The SMILES string of the molecule is CCCCC/C=C\C/C=C\CCCCCCCC(=O)OCC(CO)COC(=O)CCCC(COC(=O)CCCCCCC)COC(=O)CCCCCCC. The minimum Gasteiger partial charge on any atom is -0.465 e. The van der Waals surface area contributed by atoms with Gasteiger partial charge in [0.15, 0.2) is 0 Å². The first-order valence-corrected chi connectivity index (χ1v) is 21.9. The molecule has 0 fully saturated rings. The third-order valence-electron chi connectivity index (χ3n) is 9.47. The second-order valence-electron chi connectivity index (χ2n) is 14.8. The lowest BCUT2D eigenvalue weighted by Crippen LogP contribution is -2.24. The van der Waals surface area contributed by atoms with Crippen molar-refractivity contribution in [3.8, 4) is 0 Å². The highest BCUT2D eigenvalue weighted by atomic mass is 16.6. The molecule has 0 radical (unpaired) electrons. The molecule has 0 saturated carbocycles. The van der Waals surface area contributed by atoms with E-state index in [0.717, 1.165) is 109 Å². The summed E-state index contributed by atoms with van der Waals surface area (Å²) >= 11 is 0. The average Bonchev–Trinajstić information content (AvgIpc) is 3.17. The summed E-state index contributed by atoms with van der Waals surface area (Å²) in [6.45, 7) is 6.50. The molecule has 0 aliphatic heterocycles. The molecule has 9 nitrogen and oxygen atoms in total. The number of carbonyl (C=O) groups is 4. The van der Waals surface area contributed by atoms with E-state index in [0.29, 0.717) is 32.1 Å². The van der Waals surface area contributed by atoms with Crippen LogP contribution in [0.3, 0.4) is 0 Å². The fourth-order valence-electron chi connectivity index (χ4n) is 5.86. The standard InChI is InChI=1S/C45H80O9/c1-4-7-10-13-14-15-16-17-18-19-20-21-22-25-28-33-44(49)53-38-41(35-46)39-54-45(50)34-29-30-40(36-51-42(47)31-26-23-11-8-5-2)37-52-43(48)32-27-24-12-9-6-3/h14-15,17-18,40-41,46H,4-13,16,19-39H2,1-3H3/b15-14-,18-17-. The predicted molar refractivity (Wildman–Crippen MR) is 218 cm³/mol. The molecule has 9 heteroatoms. The lowest BCUT2D eigenvalue weighted by Gasteiger charge is -2.18. The Bertz CT molecular complexity index is 931. The van der Waals surface area contributed by atoms with E-state index in [1.54, 1.807) is 0 Å². The highest BCUT2D eigenvalue weighted by Gasteiger charge is 2.18. The molecule has 0 aromatic heterocycles. The first kappa shape index (κ1) is 51.3. The summed E-state index contributed by atoms with van der Waals surface area (Å²) in [7, 11) is 0. The van der Waals surface area contributed by atoms with Crippen molar-refractivity contribution in [3.05, 3.63) is 24.3 Å². The Balaban J connectivity index is 4.30. The molecule has 0 spiro atoms. The minimum absolute atomic E-state index is 0.00110. The maximum Gasteiger partial charge on any atom is 0.305 e. The zero-order chi connectivity index (χ0) is 39.7. The summed E-state index contributed by atoms with van der Waals surface area (Å²) < 4.78 is 21.8. The molecule has 314 valence electrons. The summed E-state index contributed by atoms with van der Waals surface area (Å²) in [6, 6.07) is 0. The molecule has 0 bridgehead atoms. The van der Waals surface area contributed by atoms with Gasteiger partial charge in [0.05, 0.1) is 39.0 Å². The molecule has 0 aliphatic rings. The van der Waals surface area contributed by atoms with E-state index in [1.165, 1.54) is 25.7 Å². The smallest absolute Gasteiger partial charge is 0.305 e. The third kappa shape index (κ3) is 36.3. The van der Waals surface area contributed by atoms with E-state index in [4.69, 9.17) is 18.9 Å². The Hall–Kier alpha value is -2.68. The number of rotatable bonds is 39. The van der Waals surface area contributed by atoms with Gasteiger partial charge in [-0.05, 0) is 64.2 Å². The van der Waals surface area contributed by atoms with Crippen LogP contribution < -0.4 is 0 Å². The number of esters is 4. The fourth-order valence-corrected chi connectivity index (χ4v) is 5.86. The van der Waals surface area contributed by atoms with Crippen LogP contribution in [-0.2, 0) is 38.1 Å². The number of aliphatic hydroxyl groups excluding tert-OH is 1. The van der Waals surface area contributed by atoms with Crippen molar-refractivity contribution < 1.29 is 43.2 Å². The lowest BCUT2D eigenvalue weighted by atomic mass is 10.0. The summed E-state index contributed by atoms with van der Waals surface area (Å²) in [4.78, 5) is 49.3. The second kappa shape index (κ2) is 40.0. The number of hydrogen-bond acceptors (Lipinski definition) is 9. The maximum atomic E-state index is 12.5. The summed E-state index contributed by atoms with van der Waals surface area (Å²) in [5.41, 5.74) is 0. The van der Waals surface area contributed by atoms with Gasteiger partial charge in [-0.1, -0.05) is 129 Å². The zero-order valence-corrected chi connectivity index (χ0v) is 34.8. The first-order valence-electron chi connectivity index (χ1n) is 21.9. The zero-order valence-electron chi connectivity index (χ0n) is 34.8. The Morgan fingerprint density at radius 3 is 1.19 bits per heavy atom. The van der Waals surface area contributed by atoms with E-state index < -0.39 is 11.9 Å². The molecular weight excluding hydrogens is 684 g/mol. The van der Waals surface area contributed by atoms with Crippen molar-refractivity contribution >= 4 is 23.9 Å². The highest BCUT2D eigenvalue weighted by Crippen LogP contribution is 2.15. The van der Waals surface area contributed by atoms with Gasteiger partial charge in [0, 0.05) is 31.6 Å². The van der Waals surface area contributed by atoms with E-state index >= 15 is 0 Å². The molecule has 54 heavy (non-hydrogen) atoms. The molecule has 1 unspecified atom stereocenters. The molecule has 0 rings (SSSR count). The Morgan fingerprint density at radius 1 is 0.426 bits per heavy atom. The Labute approximate surface area is 329 Å². The summed E-state index contributed by atoms with van der Waals surface area (Å²) in [5, 5.41) is 9.74. The molecule has 0 aromatic carbocycles. The fraction of sp³-hybridized carbons (Fsp3) is 0.822. The van der Waals surface area contributed by atoms with Crippen molar-refractivity contribution in [1.82, 2.24) is 0 Å². The van der Waals surface area contributed by atoms with Gasteiger partial charge in [-0.2, -0.15) is 0 Å². The molecule has 0 aromatic rings. The van der Waals surface area contributed by atoms with Crippen molar-refractivity contribution in [2.75, 3.05) is 33.0 Å². The van der Waals surface area contributed by atoms with Crippen LogP contribution >= 0.6 is 0 Å².